The van der Waals surface area contributed by atoms with Gasteiger partial charge in [0.1, 0.15) is 11.0 Å². The summed E-state index contributed by atoms with van der Waals surface area (Å²) in [4.78, 5) is 18.2. The molecule has 0 saturated carbocycles. The summed E-state index contributed by atoms with van der Waals surface area (Å²) in [5.41, 5.74) is 3.07. The number of nitrogens with zero attached hydrogens (tertiary/aromatic N) is 2. The van der Waals surface area contributed by atoms with Crippen molar-refractivity contribution in [2.24, 2.45) is 5.92 Å². The Hall–Kier alpha value is -2.52. The standard InChI is InChI=1S/C22H26ClF3N4O2/c1-13-3-4-17(28-21(32)30-6-5-15(12-30)10-22(24,25)26)9-18(13)16-7-19(23)29-20(8-16)27-11-14(2)31/h3-4,7-9,14-15,31H,5-6,10-12H2,1-2H3,(H,27,29)(H,28,32)/t14?,15-/m0/s1. The summed E-state index contributed by atoms with van der Waals surface area (Å²) in [6, 6.07) is 8.46. The summed E-state index contributed by atoms with van der Waals surface area (Å²) in [6.45, 7) is 4.26. The van der Waals surface area contributed by atoms with Gasteiger partial charge in [-0.3, -0.25) is 0 Å². The zero-order valence-corrected chi connectivity index (χ0v) is 18.6. The molecule has 2 aromatic rings. The highest BCUT2D eigenvalue weighted by Crippen LogP contribution is 2.32. The lowest BCUT2D eigenvalue weighted by Gasteiger charge is -2.19. The van der Waals surface area contributed by atoms with Crippen LogP contribution in [-0.4, -0.2) is 52.9 Å². The van der Waals surface area contributed by atoms with Gasteiger partial charge in [0, 0.05) is 31.7 Å². The van der Waals surface area contributed by atoms with Gasteiger partial charge < -0.3 is 20.6 Å². The minimum Gasteiger partial charge on any atom is -0.392 e. The number of urea groups is 1. The molecule has 1 fully saturated rings. The monoisotopic (exact) mass is 470 g/mol. The molecule has 0 spiro atoms. The number of aliphatic hydroxyl groups excluding tert-OH is 1. The summed E-state index contributed by atoms with van der Waals surface area (Å²) < 4.78 is 37.9. The molecule has 3 N–H and O–H groups in total. The van der Waals surface area contributed by atoms with Crippen LogP contribution in [0, 0.1) is 12.8 Å². The van der Waals surface area contributed by atoms with E-state index in [9.17, 15) is 23.1 Å². The van der Waals surface area contributed by atoms with Gasteiger partial charge in [0.05, 0.1) is 6.10 Å². The summed E-state index contributed by atoms with van der Waals surface area (Å²) in [6.07, 6.45) is -5.32. The lowest BCUT2D eigenvalue weighted by atomic mass is 10.0. The topological polar surface area (TPSA) is 77.5 Å². The van der Waals surface area contributed by atoms with E-state index in [0.29, 0.717) is 31.0 Å². The highest BCUT2D eigenvalue weighted by Gasteiger charge is 2.36. The van der Waals surface area contributed by atoms with E-state index < -0.39 is 30.7 Å². The molecule has 1 aromatic heterocycles. The maximum absolute atomic E-state index is 12.6. The number of rotatable bonds is 6. The van der Waals surface area contributed by atoms with Gasteiger partial charge in [0.15, 0.2) is 0 Å². The Labute approximate surface area is 189 Å². The van der Waals surface area contributed by atoms with Gasteiger partial charge in [0.25, 0.3) is 0 Å². The van der Waals surface area contributed by atoms with Crippen molar-refractivity contribution in [2.75, 3.05) is 30.3 Å². The number of hydrogen-bond acceptors (Lipinski definition) is 4. The van der Waals surface area contributed by atoms with Crippen LogP contribution in [0.4, 0.5) is 29.5 Å². The van der Waals surface area contributed by atoms with Gasteiger partial charge in [0.2, 0.25) is 0 Å². The first-order valence-electron chi connectivity index (χ1n) is 10.3. The number of amides is 2. The van der Waals surface area contributed by atoms with Crippen molar-refractivity contribution >= 4 is 29.1 Å². The molecule has 0 bridgehead atoms. The van der Waals surface area contributed by atoms with Crippen LogP contribution in [0.25, 0.3) is 11.1 Å². The molecule has 1 aliphatic rings. The van der Waals surface area contributed by atoms with Crippen LogP contribution in [0.3, 0.4) is 0 Å². The number of nitrogens with one attached hydrogen (secondary N) is 2. The molecule has 0 radical (unpaired) electrons. The number of likely N-dealkylation sites (tertiary alicyclic amines) is 1. The molecule has 10 heteroatoms. The highest BCUT2D eigenvalue weighted by molar-refractivity contribution is 6.29. The molecule has 174 valence electrons. The molecule has 1 aliphatic heterocycles. The van der Waals surface area contributed by atoms with Gasteiger partial charge in [-0.05, 0) is 67.1 Å². The van der Waals surface area contributed by atoms with E-state index in [1.807, 2.05) is 13.0 Å². The third-order valence-corrected chi connectivity index (χ3v) is 5.46. The Balaban J connectivity index is 1.73. The number of pyridine rings is 1. The van der Waals surface area contributed by atoms with Crippen LogP contribution in [-0.2, 0) is 0 Å². The van der Waals surface area contributed by atoms with E-state index in [2.05, 4.69) is 15.6 Å². The molecule has 32 heavy (non-hydrogen) atoms. The molecule has 1 aromatic carbocycles. The largest absolute Gasteiger partial charge is 0.392 e. The number of halogens is 4. The van der Waals surface area contributed by atoms with E-state index in [4.69, 9.17) is 11.6 Å². The van der Waals surface area contributed by atoms with Crippen LogP contribution < -0.4 is 10.6 Å². The van der Waals surface area contributed by atoms with Crippen molar-refractivity contribution in [3.8, 4) is 11.1 Å². The van der Waals surface area contributed by atoms with Gasteiger partial charge in [-0.2, -0.15) is 13.2 Å². The van der Waals surface area contributed by atoms with E-state index in [0.717, 1.165) is 16.7 Å². The number of hydrogen-bond donors (Lipinski definition) is 3. The first kappa shape index (κ1) is 24.1. The Morgan fingerprint density at radius 3 is 2.78 bits per heavy atom. The number of benzene rings is 1. The first-order valence-corrected chi connectivity index (χ1v) is 10.7. The van der Waals surface area contributed by atoms with Crippen LogP contribution in [0.2, 0.25) is 5.15 Å². The second-order valence-corrected chi connectivity index (χ2v) is 8.56. The molecule has 1 saturated heterocycles. The Kier molecular flexibility index (Phi) is 7.51. The summed E-state index contributed by atoms with van der Waals surface area (Å²) in [5, 5.41) is 15.5. The number of carbonyl (C=O) groups is 1. The normalized spacial score (nSPS) is 17.3. The number of carbonyl (C=O) groups excluding carboxylic acids is 1. The Morgan fingerprint density at radius 2 is 2.09 bits per heavy atom. The Bertz CT molecular complexity index is 969. The van der Waals surface area contributed by atoms with Crippen LogP contribution in [0.1, 0.15) is 25.3 Å². The zero-order chi connectivity index (χ0) is 23.5. The predicted octanol–water partition coefficient (Wildman–Crippen LogP) is 5.31. The predicted molar refractivity (Wildman–Crippen MR) is 119 cm³/mol. The van der Waals surface area contributed by atoms with Gasteiger partial charge >= 0.3 is 12.2 Å². The van der Waals surface area contributed by atoms with Crippen molar-refractivity contribution in [3.05, 3.63) is 41.0 Å². The average Bonchev–Trinajstić information content (AvgIpc) is 3.14. The molecule has 2 heterocycles. The second-order valence-electron chi connectivity index (χ2n) is 8.17. The third-order valence-electron chi connectivity index (χ3n) is 5.27. The van der Waals surface area contributed by atoms with Crippen molar-refractivity contribution in [3.63, 3.8) is 0 Å². The van der Waals surface area contributed by atoms with E-state index in [1.54, 1.807) is 31.2 Å². The number of aliphatic hydroxyl groups is 1. The van der Waals surface area contributed by atoms with E-state index in [1.165, 1.54) is 4.90 Å². The lowest BCUT2D eigenvalue weighted by molar-refractivity contribution is -0.143. The van der Waals surface area contributed by atoms with Crippen molar-refractivity contribution in [2.45, 2.75) is 39.0 Å². The van der Waals surface area contributed by atoms with Gasteiger partial charge in [-0.1, -0.05) is 17.7 Å². The van der Waals surface area contributed by atoms with E-state index in [-0.39, 0.29) is 11.7 Å². The number of aromatic nitrogens is 1. The fraction of sp³-hybridized carbons (Fsp3) is 0.455. The summed E-state index contributed by atoms with van der Waals surface area (Å²) in [5.74, 6) is -0.0594. The third kappa shape index (κ3) is 6.74. The molecule has 2 atom stereocenters. The molecule has 6 nitrogen and oxygen atoms in total. The smallest absolute Gasteiger partial charge is 0.389 e. The van der Waals surface area contributed by atoms with Crippen molar-refractivity contribution in [1.29, 1.82) is 0 Å². The fourth-order valence-electron chi connectivity index (χ4n) is 3.72. The minimum absolute atomic E-state index is 0.0856. The number of alkyl halides is 3. The number of anilines is 2. The van der Waals surface area contributed by atoms with Crippen LogP contribution in [0.5, 0.6) is 0 Å². The Morgan fingerprint density at radius 1 is 1.34 bits per heavy atom. The fourth-order valence-corrected chi connectivity index (χ4v) is 3.93. The second kappa shape index (κ2) is 9.95. The molecular weight excluding hydrogens is 445 g/mol. The molecule has 1 unspecified atom stereocenters. The van der Waals surface area contributed by atoms with Crippen LogP contribution in [0.15, 0.2) is 30.3 Å². The first-order chi connectivity index (χ1) is 15.0. The zero-order valence-electron chi connectivity index (χ0n) is 17.8. The highest BCUT2D eigenvalue weighted by atomic mass is 35.5. The van der Waals surface area contributed by atoms with Crippen molar-refractivity contribution in [1.82, 2.24) is 9.88 Å². The molecular formula is C22H26ClF3N4O2. The molecule has 0 aliphatic carbocycles. The molecule has 2 amide bonds. The quantitative estimate of drug-likeness (QED) is 0.500. The minimum atomic E-state index is -4.22. The lowest BCUT2D eigenvalue weighted by Crippen LogP contribution is -2.33. The summed E-state index contributed by atoms with van der Waals surface area (Å²) >= 11 is 6.17. The number of aryl methyl sites for hydroxylation is 1. The van der Waals surface area contributed by atoms with Gasteiger partial charge in [-0.25, -0.2) is 9.78 Å². The van der Waals surface area contributed by atoms with E-state index >= 15 is 0 Å². The average molecular weight is 471 g/mol. The summed E-state index contributed by atoms with van der Waals surface area (Å²) in [7, 11) is 0. The van der Waals surface area contributed by atoms with Gasteiger partial charge in [-0.15, -0.1) is 0 Å². The maximum Gasteiger partial charge on any atom is 0.389 e. The molecule has 3 rings (SSSR count). The van der Waals surface area contributed by atoms with Crippen LogP contribution >= 0.6 is 11.6 Å². The van der Waals surface area contributed by atoms with Crippen molar-refractivity contribution < 1.29 is 23.1 Å². The maximum atomic E-state index is 12.6. The SMILES string of the molecule is Cc1ccc(NC(=O)N2CC[C@@H](CC(F)(F)F)C2)cc1-c1cc(Cl)nc(NCC(C)O)c1.